The Morgan fingerprint density at radius 3 is 3.00 bits per heavy atom. The van der Waals surface area contributed by atoms with Crippen molar-refractivity contribution in [3.05, 3.63) is 29.8 Å². The molecule has 0 fully saturated rings. The first-order chi connectivity index (χ1) is 6.83. The maximum absolute atomic E-state index is 11.5. The average molecular weight is 191 g/mol. The molecule has 1 heterocycles. The maximum atomic E-state index is 11.5. The normalized spacial score (nSPS) is 14.6. The molecular weight excluding hydrogens is 178 g/mol. The summed E-state index contributed by atoms with van der Waals surface area (Å²) in [6, 6.07) is 7.73. The van der Waals surface area contributed by atoms with E-state index in [1.165, 1.54) is 5.06 Å². The van der Waals surface area contributed by atoms with Crippen molar-refractivity contribution in [2.24, 2.45) is 0 Å². The molecule has 0 aromatic heterocycles. The molecule has 0 radical (unpaired) electrons. The second-order valence-electron chi connectivity index (χ2n) is 3.33. The summed E-state index contributed by atoms with van der Waals surface area (Å²) < 4.78 is 0. The number of hydroxylamine groups is 1. The van der Waals surface area contributed by atoms with Crippen molar-refractivity contribution < 1.29 is 9.63 Å². The molecular formula is C11H13NO2. The van der Waals surface area contributed by atoms with E-state index < -0.39 is 0 Å². The number of hydrogen-bond acceptors (Lipinski definition) is 2. The number of rotatable bonds is 3. The number of carbonyl (C=O) groups excluding carboxylic acids is 1. The number of para-hydroxylation sites is 1. The molecule has 0 atom stereocenters. The Morgan fingerprint density at radius 1 is 1.43 bits per heavy atom. The molecule has 2 rings (SSSR count). The van der Waals surface area contributed by atoms with E-state index in [-0.39, 0.29) is 5.91 Å². The zero-order valence-corrected chi connectivity index (χ0v) is 8.19. The van der Waals surface area contributed by atoms with E-state index in [0.29, 0.717) is 13.0 Å². The lowest BCUT2D eigenvalue weighted by Crippen LogP contribution is -2.27. The number of fused-ring (bicyclic) bond motifs is 1. The van der Waals surface area contributed by atoms with Gasteiger partial charge in [-0.3, -0.25) is 9.63 Å². The second kappa shape index (κ2) is 3.80. The lowest BCUT2D eigenvalue weighted by Gasteiger charge is -2.15. The molecule has 0 bridgehead atoms. The van der Waals surface area contributed by atoms with Gasteiger partial charge in [0.15, 0.2) is 0 Å². The first-order valence-electron chi connectivity index (χ1n) is 4.86. The molecule has 0 N–H and O–H groups in total. The third-order valence-corrected chi connectivity index (χ3v) is 2.20. The van der Waals surface area contributed by atoms with Crippen LogP contribution in [-0.4, -0.2) is 12.5 Å². The van der Waals surface area contributed by atoms with Crippen LogP contribution in [0.5, 0.6) is 0 Å². The van der Waals surface area contributed by atoms with E-state index in [1.807, 2.05) is 31.2 Å². The molecule has 1 aliphatic heterocycles. The molecule has 3 nitrogen and oxygen atoms in total. The van der Waals surface area contributed by atoms with Crippen LogP contribution in [0.4, 0.5) is 5.69 Å². The highest BCUT2D eigenvalue weighted by molar-refractivity contribution is 5.99. The Labute approximate surface area is 83.2 Å². The van der Waals surface area contributed by atoms with E-state index in [9.17, 15) is 4.79 Å². The van der Waals surface area contributed by atoms with Gasteiger partial charge in [-0.2, -0.15) is 5.06 Å². The van der Waals surface area contributed by atoms with Crippen molar-refractivity contribution in [2.45, 2.75) is 19.8 Å². The van der Waals surface area contributed by atoms with E-state index in [1.54, 1.807) is 0 Å². The molecule has 1 aromatic carbocycles. The summed E-state index contributed by atoms with van der Waals surface area (Å²) in [6.07, 6.45) is 1.37. The largest absolute Gasteiger partial charge is 0.272 e. The fourth-order valence-electron chi connectivity index (χ4n) is 1.55. The van der Waals surface area contributed by atoms with Gasteiger partial charge in [-0.25, -0.2) is 0 Å². The highest BCUT2D eigenvalue weighted by atomic mass is 16.7. The van der Waals surface area contributed by atoms with Crippen LogP contribution in [0.15, 0.2) is 24.3 Å². The van der Waals surface area contributed by atoms with Crippen LogP contribution >= 0.6 is 0 Å². The van der Waals surface area contributed by atoms with Gasteiger partial charge in [0.25, 0.3) is 5.91 Å². The van der Waals surface area contributed by atoms with Crippen molar-refractivity contribution >= 4 is 11.6 Å². The van der Waals surface area contributed by atoms with E-state index >= 15 is 0 Å². The number of benzene rings is 1. The minimum absolute atomic E-state index is 0.0275. The number of anilines is 1. The predicted octanol–water partition coefficient (Wildman–Crippen LogP) is 1.92. The fraction of sp³-hybridized carbons (Fsp3) is 0.364. The summed E-state index contributed by atoms with van der Waals surface area (Å²) in [7, 11) is 0. The predicted molar refractivity (Wildman–Crippen MR) is 53.9 cm³/mol. The minimum Gasteiger partial charge on any atom is -0.272 e. The molecule has 74 valence electrons. The topological polar surface area (TPSA) is 29.5 Å². The molecule has 1 amide bonds. The quantitative estimate of drug-likeness (QED) is 0.730. The minimum atomic E-state index is 0.0275. The standard InChI is InChI=1S/C11H13NO2/c1-2-7-14-12-10-6-4-3-5-9(10)8-11(12)13/h3-6H,2,7-8H2,1H3. The summed E-state index contributed by atoms with van der Waals surface area (Å²) in [5, 5.41) is 1.42. The Bertz CT molecular complexity index is 349. The van der Waals surface area contributed by atoms with Gasteiger partial charge >= 0.3 is 0 Å². The van der Waals surface area contributed by atoms with Crippen LogP contribution in [0.3, 0.4) is 0 Å². The van der Waals surface area contributed by atoms with Gasteiger partial charge in [-0.1, -0.05) is 25.1 Å². The van der Waals surface area contributed by atoms with Crippen LogP contribution in [0.1, 0.15) is 18.9 Å². The SMILES string of the molecule is CCCON1C(=O)Cc2ccccc21. The summed E-state index contributed by atoms with van der Waals surface area (Å²) >= 11 is 0. The molecule has 1 aromatic rings. The highest BCUT2D eigenvalue weighted by Crippen LogP contribution is 2.28. The second-order valence-corrected chi connectivity index (χ2v) is 3.33. The van der Waals surface area contributed by atoms with Crippen LogP contribution in [0, 0.1) is 0 Å². The van der Waals surface area contributed by atoms with Crippen molar-refractivity contribution in [1.82, 2.24) is 0 Å². The molecule has 1 aliphatic rings. The van der Waals surface area contributed by atoms with E-state index in [0.717, 1.165) is 17.7 Å². The van der Waals surface area contributed by atoms with Gasteiger partial charge in [0.05, 0.1) is 18.7 Å². The summed E-state index contributed by atoms with van der Waals surface area (Å²) in [5.41, 5.74) is 1.94. The zero-order chi connectivity index (χ0) is 9.97. The van der Waals surface area contributed by atoms with Gasteiger partial charge in [0.1, 0.15) is 0 Å². The summed E-state index contributed by atoms with van der Waals surface area (Å²) in [5.74, 6) is 0.0275. The lowest BCUT2D eigenvalue weighted by molar-refractivity contribution is -0.124. The Kier molecular flexibility index (Phi) is 2.50. The Balaban J connectivity index is 2.21. The number of hydrogen-bond donors (Lipinski definition) is 0. The highest BCUT2D eigenvalue weighted by Gasteiger charge is 2.27. The van der Waals surface area contributed by atoms with E-state index in [2.05, 4.69) is 0 Å². The van der Waals surface area contributed by atoms with Gasteiger partial charge in [-0.15, -0.1) is 0 Å². The van der Waals surface area contributed by atoms with Crippen molar-refractivity contribution in [1.29, 1.82) is 0 Å². The first kappa shape index (κ1) is 9.21. The molecule has 0 saturated heterocycles. The molecule has 0 spiro atoms. The Hall–Kier alpha value is -1.35. The van der Waals surface area contributed by atoms with Gasteiger partial charge in [-0.05, 0) is 18.1 Å². The van der Waals surface area contributed by atoms with Crippen molar-refractivity contribution in [3.63, 3.8) is 0 Å². The Morgan fingerprint density at radius 2 is 2.21 bits per heavy atom. The maximum Gasteiger partial charge on any atom is 0.255 e. The van der Waals surface area contributed by atoms with Gasteiger partial charge in [0.2, 0.25) is 0 Å². The monoisotopic (exact) mass is 191 g/mol. The lowest BCUT2D eigenvalue weighted by atomic mass is 10.2. The summed E-state index contributed by atoms with van der Waals surface area (Å²) in [4.78, 5) is 16.9. The van der Waals surface area contributed by atoms with Gasteiger partial charge < -0.3 is 0 Å². The number of amides is 1. The van der Waals surface area contributed by atoms with Crippen LogP contribution in [-0.2, 0) is 16.1 Å². The average Bonchev–Trinajstić information content (AvgIpc) is 2.51. The molecule has 14 heavy (non-hydrogen) atoms. The van der Waals surface area contributed by atoms with Crippen LogP contribution < -0.4 is 5.06 Å². The molecule has 0 saturated carbocycles. The third-order valence-electron chi connectivity index (χ3n) is 2.20. The van der Waals surface area contributed by atoms with Gasteiger partial charge in [0, 0.05) is 0 Å². The van der Waals surface area contributed by atoms with Crippen molar-refractivity contribution in [3.8, 4) is 0 Å². The number of carbonyl (C=O) groups is 1. The van der Waals surface area contributed by atoms with Crippen LogP contribution in [0.2, 0.25) is 0 Å². The molecule has 3 heteroatoms. The van der Waals surface area contributed by atoms with Crippen LogP contribution in [0.25, 0.3) is 0 Å². The fourth-order valence-corrected chi connectivity index (χ4v) is 1.55. The molecule has 0 unspecified atom stereocenters. The van der Waals surface area contributed by atoms with Crippen molar-refractivity contribution in [2.75, 3.05) is 11.7 Å². The smallest absolute Gasteiger partial charge is 0.255 e. The first-order valence-corrected chi connectivity index (χ1v) is 4.86. The third kappa shape index (κ3) is 1.51. The van der Waals surface area contributed by atoms with E-state index in [4.69, 9.17) is 4.84 Å². The summed E-state index contributed by atoms with van der Waals surface area (Å²) in [6.45, 7) is 2.60. The number of nitrogens with zero attached hydrogens (tertiary/aromatic N) is 1. The zero-order valence-electron chi connectivity index (χ0n) is 8.19. The molecule has 0 aliphatic carbocycles.